The van der Waals surface area contributed by atoms with Crippen LogP contribution in [0.15, 0.2) is 0 Å². The van der Waals surface area contributed by atoms with Gasteiger partial charge in [-0.1, -0.05) is 20.3 Å². The van der Waals surface area contributed by atoms with Crippen LogP contribution in [0.4, 0.5) is 0 Å². The highest BCUT2D eigenvalue weighted by Gasteiger charge is 2.20. The minimum atomic E-state index is -0.436. The maximum Gasteiger partial charge on any atom is 0.222 e. The molecule has 0 bridgehead atoms. The highest BCUT2D eigenvalue weighted by atomic mass is 16.3. The van der Waals surface area contributed by atoms with E-state index in [0.717, 1.165) is 19.3 Å². The highest BCUT2D eigenvalue weighted by Crippen LogP contribution is 2.06. The summed E-state index contributed by atoms with van der Waals surface area (Å²) >= 11 is 0. The van der Waals surface area contributed by atoms with E-state index in [0.29, 0.717) is 13.0 Å². The lowest BCUT2D eigenvalue weighted by molar-refractivity contribution is -0.135. The number of amides is 1. The van der Waals surface area contributed by atoms with Gasteiger partial charge >= 0.3 is 0 Å². The fourth-order valence-electron chi connectivity index (χ4n) is 1.48. The van der Waals surface area contributed by atoms with Gasteiger partial charge in [0.2, 0.25) is 5.91 Å². The van der Waals surface area contributed by atoms with Crippen molar-refractivity contribution < 1.29 is 15.0 Å². The van der Waals surface area contributed by atoms with E-state index in [1.165, 1.54) is 0 Å². The fourth-order valence-corrected chi connectivity index (χ4v) is 1.48. The molecule has 0 spiro atoms. The Hall–Kier alpha value is -0.610. The second-order valence-corrected chi connectivity index (χ2v) is 3.71. The van der Waals surface area contributed by atoms with Gasteiger partial charge in [-0.2, -0.15) is 0 Å². The highest BCUT2D eigenvalue weighted by molar-refractivity contribution is 5.76. The molecule has 90 valence electrons. The summed E-state index contributed by atoms with van der Waals surface area (Å²) in [7, 11) is 0. The number of rotatable bonds is 8. The third-order valence-corrected chi connectivity index (χ3v) is 2.39. The molecule has 0 heterocycles. The monoisotopic (exact) mass is 217 g/mol. The van der Waals surface area contributed by atoms with Crippen molar-refractivity contribution >= 4 is 5.91 Å². The zero-order chi connectivity index (χ0) is 11.7. The summed E-state index contributed by atoms with van der Waals surface area (Å²) in [6.45, 7) is 4.27. The van der Waals surface area contributed by atoms with Crippen LogP contribution in [-0.4, -0.2) is 46.8 Å². The molecular formula is C11H23NO3. The van der Waals surface area contributed by atoms with E-state index in [9.17, 15) is 4.79 Å². The number of nitrogens with zero attached hydrogens (tertiary/aromatic N) is 1. The summed E-state index contributed by atoms with van der Waals surface area (Å²) < 4.78 is 0. The van der Waals surface area contributed by atoms with E-state index in [1.54, 1.807) is 4.90 Å². The van der Waals surface area contributed by atoms with Crippen molar-refractivity contribution in [3.63, 3.8) is 0 Å². The van der Waals surface area contributed by atoms with E-state index in [-0.39, 0.29) is 19.1 Å². The van der Waals surface area contributed by atoms with Crippen molar-refractivity contribution in [1.82, 2.24) is 4.90 Å². The summed E-state index contributed by atoms with van der Waals surface area (Å²) in [5.41, 5.74) is 0. The topological polar surface area (TPSA) is 60.8 Å². The second kappa shape index (κ2) is 8.68. The standard InChI is InChI=1S/C11H23NO3/c1-3-5-6-11(15)12(7-4-2)10(8-13)9-14/h10,13-14H,3-9H2,1-2H3. The lowest BCUT2D eigenvalue weighted by Gasteiger charge is -2.29. The predicted octanol–water partition coefficient (Wildman–Crippen LogP) is 0.768. The van der Waals surface area contributed by atoms with Crippen LogP contribution in [0.2, 0.25) is 0 Å². The van der Waals surface area contributed by atoms with E-state index in [2.05, 4.69) is 0 Å². The molecule has 0 saturated carbocycles. The molecule has 15 heavy (non-hydrogen) atoms. The van der Waals surface area contributed by atoms with Crippen molar-refractivity contribution in [3.8, 4) is 0 Å². The first-order valence-electron chi connectivity index (χ1n) is 5.72. The minimum absolute atomic E-state index is 0.0341. The number of aliphatic hydroxyl groups excluding tert-OH is 2. The Kier molecular flexibility index (Phi) is 8.33. The zero-order valence-electron chi connectivity index (χ0n) is 9.78. The quantitative estimate of drug-likeness (QED) is 0.631. The van der Waals surface area contributed by atoms with Gasteiger partial charge in [0, 0.05) is 13.0 Å². The molecule has 0 aliphatic heterocycles. The molecule has 0 aliphatic carbocycles. The molecule has 0 saturated heterocycles. The molecule has 0 fully saturated rings. The molecule has 0 unspecified atom stereocenters. The number of carbonyl (C=O) groups excluding carboxylic acids is 1. The molecule has 0 radical (unpaired) electrons. The van der Waals surface area contributed by atoms with E-state index in [1.807, 2.05) is 13.8 Å². The Morgan fingerprint density at radius 3 is 2.20 bits per heavy atom. The lowest BCUT2D eigenvalue weighted by atomic mass is 10.2. The first-order valence-corrected chi connectivity index (χ1v) is 5.72. The maximum atomic E-state index is 11.8. The van der Waals surface area contributed by atoms with E-state index >= 15 is 0 Å². The van der Waals surface area contributed by atoms with Crippen LogP contribution >= 0.6 is 0 Å². The van der Waals surface area contributed by atoms with Crippen molar-refractivity contribution in [3.05, 3.63) is 0 Å². The number of carbonyl (C=O) groups is 1. The van der Waals surface area contributed by atoms with Gasteiger partial charge in [-0.05, 0) is 12.8 Å². The summed E-state index contributed by atoms with van der Waals surface area (Å²) in [5.74, 6) is 0.0341. The molecule has 1 amide bonds. The van der Waals surface area contributed by atoms with Gasteiger partial charge in [-0.25, -0.2) is 0 Å². The Morgan fingerprint density at radius 2 is 1.80 bits per heavy atom. The molecule has 0 aliphatic rings. The van der Waals surface area contributed by atoms with Crippen LogP contribution in [0, 0.1) is 0 Å². The van der Waals surface area contributed by atoms with E-state index in [4.69, 9.17) is 10.2 Å². The van der Waals surface area contributed by atoms with Gasteiger partial charge in [0.1, 0.15) is 0 Å². The van der Waals surface area contributed by atoms with Crippen molar-refractivity contribution in [2.45, 2.75) is 45.6 Å². The fraction of sp³-hybridized carbons (Fsp3) is 0.909. The summed E-state index contributed by atoms with van der Waals surface area (Å²) in [5, 5.41) is 18.1. The molecule has 0 rings (SSSR count). The summed E-state index contributed by atoms with van der Waals surface area (Å²) in [6, 6.07) is -0.436. The Bertz CT molecular complexity index is 169. The van der Waals surface area contributed by atoms with Crippen molar-refractivity contribution in [2.24, 2.45) is 0 Å². The SMILES string of the molecule is CCCCC(=O)N(CCC)C(CO)CO. The average Bonchev–Trinajstić information content (AvgIpc) is 2.26. The van der Waals surface area contributed by atoms with Gasteiger partial charge < -0.3 is 15.1 Å². The van der Waals surface area contributed by atoms with Crippen LogP contribution < -0.4 is 0 Å². The van der Waals surface area contributed by atoms with Crippen molar-refractivity contribution in [2.75, 3.05) is 19.8 Å². The van der Waals surface area contributed by atoms with Crippen LogP contribution in [0.1, 0.15) is 39.5 Å². The lowest BCUT2D eigenvalue weighted by Crippen LogP contribution is -2.45. The molecule has 2 N–H and O–H groups in total. The number of hydrogen-bond acceptors (Lipinski definition) is 3. The third kappa shape index (κ3) is 5.14. The first kappa shape index (κ1) is 14.4. The molecule has 0 aromatic heterocycles. The summed E-state index contributed by atoms with van der Waals surface area (Å²) in [6.07, 6.45) is 3.19. The number of unbranched alkanes of at least 4 members (excludes halogenated alkanes) is 1. The molecular weight excluding hydrogens is 194 g/mol. The van der Waals surface area contributed by atoms with Crippen LogP contribution in [-0.2, 0) is 4.79 Å². The minimum Gasteiger partial charge on any atom is -0.394 e. The van der Waals surface area contributed by atoms with Gasteiger partial charge in [0.05, 0.1) is 19.3 Å². The number of hydrogen-bond donors (Lipinski definition) is 2. The Balaban J connectivity index is 4.28. The number of aliphatic hydroxyl groups is 2. The average molecular weight is 217 g/mol. The van der Waals surface area contributed by atoms with Gasteiger partial charge in [0.15, 0.2) is 0 Å². The maximum absolute atomic E-state index is 11.8. The Labute approximate surface area is 91.9 Å². The third-order valence-electron chi connectivity index (χ3n) is 2.39. The van der Waals surface area contributed by atoms with Crippen LogP contribution in [0.3, 0.4) is 0 Å². The zero-order valence-corrected chi connectivity index (χ0v) is 9.78. The smallest absolute Gasteiger partial charge is 0.222 e. The van der Waals surface area contributed by atoms with Gasteiger partial charge in [0.25, 0.3) is 0 Å². The van der Waals surface area contributed by atoms with Crippen molar-refractivity contribution in [1.29, 1.82) is 0 Å². The Morgan fingerprint density at radius 1 is 1.20 bits per heavy atom. The first-order chi connectivity index (χ1) is 7.21. The normalized spacial score (nSPS) is 10.7. The van der Waals surface area contributed by atoms with Gasteiger partial charge in [-0.15, -0.1) is 0 Å². The van der Waals surface area contributed by atoms with Crippen LogP contribution in [0.25, 0.3) is 0 Å². The summed E-state index contributed by atoms with van der Waals surface area (Å²) in [4.78, 5) is 13.3. The molecule has 0 aromatic carbocycles. The van der Waals surface area contributed by atoms with Gasteiger partial charge in [-0.3, -0.25) is 4.79 Å². The second-order valence-electron chi connectivity index (χ2n) is 3.71. The molecule has 0 aromatic rings. The predicted molar refractivity (Wildman–Crippen MR) is 59.5 cm³/mol. The molecule has 0 atom stereocenters. The largest absolute Gasteiger partial charge is 0.394 e. The van der Waals surface area contributed by atoms with Crippen LogP contribution in [0.5, 0.6) is 0 Å². The molecule has 4 heteroatoms. The molecule has 4 nitrogen and oxygen atoms in total. The van der Waals surface area contributed by atoms with E-state index < -0.39 is 6.04 Å².